The maximum atomic E-state index is 5.07. The molecule has 2 nitrogen and oxygen atoms in total. The largest absolute Gasteiger partial charge is 0.470 e. The number of aromatic nitrogens is 1. The molecule has 2 heterocycles. The number of hydrogen-bond donors (Lipinski definition) is 0. The molecule has 0 aliphatic rings. The molecule has 3 aromatic rings. The number of para-hydroxylation sites is 1. The normalized spacial score (nSPS) is 11.1. The van der Waals surface area contributed by atoms with Crippen LogP contribution in [0.2, 0.25) is 0 Å². The number of fused-ring (bicyclic) bond motifs is 2. The van der Waals surface area contributed by atoms with Gasteiger partial charge in [-0.2, -0.15) is 0 Å². The van der Waals surface area contributed by atoms with Gasteiger partial charge in [0.2, 0.25) is 0 Å². The van der Waals surface area contributed by atoms with E-state index >= 15 is 0 Å². The van der Waals surface area contributed by atoms with Gasteiger partial charge in [0.25, 0.3) is 0 Å². The Balaban J connectivity index is 2.57. The minimum atomic E-state index is 0.915. The molecule has 0 aliphatic carbocycles. The summed E-state index contributed by atoms with van der Waals surface area (Å²) in [5.41, 5.74) is 1.93. The molecular weight excluding hydrogens is 162 g/mol. The van der Waals surface area contributed by atoms with Gasteiger partial charge in [-0.15, -0.1) is 0 Å². The summed E-state index contributed by atoms with van der Waals surface area (Å²) >= 11 is 0. The van der Waals surface area contributed by atoms with Crippen LogP contribution in [0.25, 0.3) is 21.8 Å². The number of furan rings is 1. The molecule has 0 bridgehead atoms. The first-order valence-corrected chi connectivity index (χ1v) is 4.15. The van der Waals surface area contributed by atoms with Crippen LogP contribution in [-0.2, 0) is 0 Å². The molecule has 0 aliphatic heterocycles. The number of hydrogen-bond acceptors (Lipinski definition) is 2. The van der Waals surface area contributed by atoms with E-state index in [-0.39, 0.29) is 0 Å². The van der Waals surface area contributed by atoms with Crippen molar-refractivity contribution in [2.45, 2.75) is 0 Å². The van der Waals surface area contributed by atoms with E-state index in [9.17, 15) is 0 Å². The first kappa shape index (κ1) is 6.66. The SMILES string of the molecule is c1ccc2nc3cocc3cc2c1. The second-order valence-corrected chi connectivity index (χ2v) is 3.03. The molecule has 0 N–H and O–H groups in total. The summed E-state index contributed by atoms with van der Waals surface area (Å²) in [4.78, 5) is 4.44. The average Bonchev–Trinajstić information content (AvgIpc) is 2.61. The molecule has 2 heteroatoms. The topological polar surface area (TPSA) is 26.0 Å². The number of pyridine rings is 1. The van der Waals surface area contributed by atoms with Crippen molar-refractivity contribution in [2.24, 2.45) is 0 Å². The van der Waals surface area contributed by atoms with Crippen LogP contribution in [0.3, 0.4) is 0 Å². The third kappa shape index (κ3) is 0.920. The monoisotopic (exact) mass is 169 g/mol. The number of nitrogens with zero attached hydrogens (tertiary/aromatic N) is 1. The van der Waals surface area contributed by atoms with Gasteiger partial charge in [-0.1, -0.05) is 18.2 Å². The molecule has 13 heavy (non-hydrogen) atoms. The second-order valence-electron chi connectivity index (χ2n) is 3.03. The van der Waals surface area contributed by atoms with E-state index in [0.717, 1.165) is 21.8 Å². The van der Waals surface area contributed by atoms with E-state index in [1.165, 1.54) is 0 Å². The van der Waals surface area contributed by atoms with Crippen LogP contribution in [0.5, 0.6) is 0 Å². The summed E-state index contributed by atoms with van der Waals surface area (Å²) in [6, 6.07) is 10.1. The van der Waals surface area contributed by atoms with Gasteiger partial charge in [-0.05, 0) is 12.1 Å². The zero-order valence-corrected chi connectivity index (χ0v) is 6.90. The minimum absolute atomic E-state index is 0.915. The Morgan fingerprint density at radius 3 is 2.85 bits per heavy atom. The summed E-state index contributed by atoms with van der Waals surface area (Å²) in [5, 5.41) is 2.20. The van der Waals surface area contributed by atoms with Crippen molar-refractivity contribution < 1.29 is 4.42 Å². The fourth-order valence-electron chi connectivity index (χ4n) is 1.51. The van der Waals surface area contributed by atoms with E-state index in [1.54, 1.807) is 12.5 Å². The van der Waals surface area contributed by atoms with Crippen LogP contribution in [0, 0.1) is 0 Å². The van der Waals surface area contributed by atoms with Gasteiger partial charge < -0.3 is 4.42 Å². The molecule has 0 atom stereocenters. The molecule has 0 saturated heterocycles. The molecule has 0 unspecified atom stereocenters. The first-order valence-electron chi connectivity index (χ1n) is 4.15. The van der Waals surface area contributed by atoms with Crippen LogP contribution in [0.4, 0.5) is 0 Å². The lowest BCUT2D eigenvalue weighted by molar-refractivity contribution is 0.572. The Morgan fingerprint density at radius 1 is 0.923 bits per heavy atom. The quantitative estimate of drug-likeness (QED) is 0.517. The Morgan fingerprint density at radius 2 is 1.85 bits per heavy atom. The lowest BCUT2D eigenvalue weighted by Crippen LogP contribution is -1.77. The van der Waals surface area contributed by atoms with Crippen LogP contribution >= 0.6 is 0 Å². The van der Waals surface area contributed by atoms with E-state index < -0.39 is 0 Å². The molecule has 0 amide bonds. The van der Waals surface area contributed by atoms with Gasteiger partial charge in [-0.3, -0.25) is 0 Å². The molecule has 62 valence electrons. The Kier molecular flexibility index (Phi) is 1.19. The standard InChI is InChI=1S/C11H7NO/c1-2-4-10-8(3-1)5-9-6-13-7-11(9)12-10/h1-7H. The van der Waals surface area contributed by atoms with Crippen molar-refractivity contribution in [1.82, 2.24) is 4.98 Å². The third-order valence-corrected chi connectivity index (χ3v) is 2.16. The summed E-state index contributed by atoms with van der Waals surface area (Å²) in [5.74, 6) is 0. The first-order chi connectivity index (χ1) is 6.43. The molecule has 0 saturated carbocycles. The smallest absolute Gasteiger partial charge is 0.117 e. The van der Waals surface area contributed by atoms with Crippen molar-refractivity contribution in [2.75, 3.05) is 0 Å². The van der Waals surface area contributed by atoms with Gasteiger partial charge in [0, 0.05) is 10.8 Å². The molecule has 0 radical (unpaired) electrons. The molecule has 0 fully saturated rings. The van der Waals surface area contributed by atoms with E-state index in [0.29, 0.717) is 0 Å². The lowest BCUT2D eigenvalue weighted by Gasteiger charge is -1.94. The van der Waals surface area contributed by atoms with Gasteiger partial charge in [0.15, 0.2) is 0 Å². The summed E-state index contributed by atoms with van der Waals surface area (Å²) in [6.07, 6.45) is 3.39. The van der Waals surface area contributed by atoms with Gasteiger partial charge in [0.05, 0.1) is 11.8 Å². The zero-order chi connectivity index (χ0) is 8.67. The van der Waals surface area contributed by atoms with E-state index in [4.69, 9.17) is 4.42 Å². The lowest BCUT2D eigenvalue weighted by atomic mass is 10.2. The zero-order valence-electron chi connectivity index (χ0n) is 6.90. The summed E-state index contributed by atoms with van der Waals surface area (Å²) in [7, 11) is 0. The maximum absolute atomic E-state index is 5.07. The minimum Gasteiger partial charge on any atom is -0.470 e. The van der Waals surface area contributed by atoms with Crippen LogP contribution in [0.1, 0.15) is 0 Å². The number of benzene rings is 1. The predicted octanol–water partition coefficient (Wildman–Crippen LogP) is 2.98. The van der Waals surface area contributed by atoms with E-state index in [2.05, 4.69) is 17.1 Å². The fraction of sp³-hybridized carbons (Fsp3) is 0. The fourth-order valence-corrected chi connectivity index (χ4v) is 1.51. The average molecular weight is 169 g/mol. The van der Waals surface area contributed by atoms with Crippen molar-refractivity contribution >= 4 is 21.8 Å². The van der Waals surface area contributed by atoms with Crippen molar-refractivity contribution in [3.05, 3.63) is 42.9 Å². The predicted molar refractivity (Wildman–Crippen MR) is 51.5 cm³/mol. The highest BCUT2D eigenvalue weighted by Gasteiger charge is 1.99. The third-order valence-electron chi connectivity index (χ3n) is 2.16. The van der Waals surface area contributed by atoms with E-state index in [1.807, 2.05) is 18.2 Å². The molecule has 2 aromatic heterocycles. The van der Waals surface area contributed by atoms with Crippen LogP contribution in [0.15, 0.2) is 47.3 Å². The van der Waals surface area contributed by atoms with Crippen LogP contribution in [-0.4, -0.2) is 4.98 Å². The van der Waals surface area contributed by atoms with Crippen molar-refractivity contribution in [1.29, 1.82) is 0 Å². The van der Waals surface area contributed by atoms with Crippen molar-refractivity contribution in [3.8, 4) is 0 Å². The summed E-state index contributed by atoms with van der Waals surface area (Å²) in [6.45, 7) is 0. The van der Waals surface area contributed by atoms with Crippen molar-refractivity contribution in [3.63, 3.8) is 0 Å². The molecule has 3 rings (SSSR count). The molecule has 1 aromatic carbocycles. The summed E-state index contributed by atoms with van der Waals surface area (Å²) < 4.78 is 5.07. The maximum Gasteiger partial charge on any atom is 0.117 e. The molecular formula is C11H7NO. The molecule has 0 spiro atoms. The van der Waals surface area contributed by atoms with Crippen LogP contribution < -0.4 is 0 Å². The Bertz CT molecular complexity index is 519. The number of rotatable bonds is 0. The van der Waals surface area contributed by atoms with Gasteiger partial charge in [0.1, 0.15) is 11.8 Å². The Labute approximate surface area is 74.8 Å². The highest BCUT2D eigenvalue weighted by molar-refractivity contribution is 5.91. The Hall–Kier alpha value is -1.83. The highest BCUT2D eigenvalue weighted by Crippen LogP contribution is 2.19. The highest BCUT2D eigenvalue weighted by atomic mass is 16.3. The second kappa shape index (κ2) is 2.33. The van der Waals surface area contributed by atoms with Gasteiger partial charge in [-0.25, -0.2) is 4.98 Å². The van der Waals surface area contributed by atoms with Gasteiger partial charge >= 0.3 is 0 Å².